The van der Waals surface area contributed by atoms with Crippen molar-refractivity contribution in [3.8, 4) is 11.5 Å². The van der Waals surface area contributed by atoms with Crippen LogP contribution < -0.4 is 4.74 Å². The van der Waals surface area contributed by atoms with Crippen LogP contribution in [-0.2, 0) is 4.79 Å². The summed E-state index contributed by atoms with van der Waals surface area (Å²) < 4.78 is 5.03. The first-order valence-corrected chi connectivity index (χ1v) is 6.61. The second kappa shape index (κ2) is 7.02. The number of unbranched alkanes of at least 4 members (excludes halogenated alkanes) is 1. The Hall–Kier alpha value is -1.71. The molecular weight excluding hydrogens is 244 g/mol. The van der Waals surface area contributed by atoms with Crippen LogP contribution in [0.15, 0.2) is 18.2 Å². The predicted molar refractivity (Wildman–Crippen MR) is 73.7 cm³/mol. The highest BCUT2D eigenvalue weighted by Crippen LogP contribution is 2.34. The Balaban J connectivity index is 3.02. The minimum atomic E-state index is -0.837. The second-order valence-corrected chi connectivity index (χ2v) is 4.87. The van der Waals surface area contributed by atoms with Gasteiger partial charge in [-0.05, 0) is 30.0 Å². The molecule has 0 heterocycles. The summed E-state index contributed by atoms with van der Waals surface area (Å²) in [7, 11) is 1.45. The first kappa shape index (κ1) is 15.3. The highest BCUT2D eigenvalue weighted by molar-refractivity contribution is 5.76. The number of carbonyl (C=O) groups is 1. The van der Waals surface area contributed by atoms with Gasteiger partial charge >= 0.3 is 5.97 Å². The number of hydrogen-bond donors (Lipinski definition) is 2. The first-order chi connectivity index (χ1) is 9.01. The SMILES string of the molecule is CCCCC(C)C(C(=O)O)c1ccc(O)c(OC)c1. The molecular formula is C15H22O4. The molecule has 0 fully saturated rings. The number of phenols is 1. The fourth-order valence-corrected chi connectivity index (χ4v) is 2.29. The van der Waals surface area contributed by atoms with Crippen molar-refractivity contribution < 1.29 is 19.7 Å². The molecule has 0 bridgehead atoms. The Kier molecular flexibility index (Phi) is 5.67. The standard InChI is InChI=1S/C15H22O4/c1-4-5-6-10(2)14(15(17)18)11-7-8-12(16)13(9-11)19-3/h7-10,14,16H,4-6H2,1-3H3,(H,17,18). The van der Waals surface area contributed by atoms with Crippen LogP contribution in [0.2, 0.25) is 0 Å². The van der Waals surface area contributed by atoms with E-state index in [-0.39, 0.29) is 11.7 Å². The maximum absolute atomic E-state index is 11.5. The minimum Gasteiger partial charge on any atom is -0.504 e. The molecule has 2 atom stereocenters. The fraction of sp³-hybridized carbons (Fsp3) is 0.533. The average Bonchev–Trinajstić information content (AvgIpc) is 2.38. The summed E-state index contributed by atoms with van der Waals surface area (Å²) in [6.07, 6.45) is 2.94. The van der Waals surface area contributed by atoms with E-state index in [9.17, 15) is 15.0 Å². The van der Waals surface area contributed by atoms with Gasteiger partial charge in [0, 0.05) is 0 Å². The number of aromatic hydroxyl groups is 1. The molecule has 0 saturated carbocycles. The lowest BCUT2D eigenvalue weighted by Gasteiger charge is -2.21. The number of benzene rings is 1. The zero-order chi connectivity index (χ0) is 14.4. The van der Waals surface area contributed by atoms with Crippen molar-refractivity contribution in [2.24, 2.45) is 5.92 Å². The van der Waals surface area contributed by atoms with E-state index in [0.717, 1.165) is 19.3 Å². The summed E-state index contributed by atoms with van der Waals surface area (Å²) in [5.74, 6) is -1.02. The van der Waals surface area contributed by atoms with Gasteiger partial charge in [0.2, 0.25) is 0 Å². The smallest absolute Gasteiger partial charge is 0.311 e. The molecule has 0 saturated heterocycles. The van der Waals surface area contributed by atoms with E-state index in [0.29, 0.717) is 11.3 Å². The van der Waals surface area contributed by atoms with E-state index in [1.807, 2.05) is 6.92 Å². The van der Waals surface area contributed by atoms with E-state index < -0.39 is 11.9 Å². The molecule has 4 heteroatoms. The molecule has 106 valence electrons. The lowest BCUT2D eigenvalue weighted by molar-refractivity contribution is -0.140. The quantitative estimate of drug-likeness (QED) is 0.793. The van der Waals surface area contributed by atoms with Crippen molar-refractivity contribution >= 4 is 5.97 Å². The van der Waals surface area contributed by atoms with Gasteiger partial charge in [-0.2, -0.15) is 0 Å². The summed E-state index contributed by atoms with van der Waals surface area (Å²) in [6, 6.07) is 4.74. The molecule has 0 spiro atoms. The number of rotatable bonds is 7. The molecule has 1 aromatic carbocycles. The van der Waals surface area contributed by atoms with Gasteiger partial charge in [0.1, 0.15) is 0 Å². The Morgan fingerprint density at radius 1 is 1.42 bits per heavy atom. The molecule has 0 amide bonds. The zero-order valence-corrected chi connectivity index (χ0v) is 11.7. The van der Waals surface area contributed by atoms with Crippen LogP contribution >= 0.6 is 0 Å². The van der Waals surface area contributed by atoms with E-state index in [1.165, 1.54) is 13.2 Å². The summed E-state index contributed by atoms with van der Waals surface area (Å²) >= 11 is 0. The predicted octanol–water partition coefficient (Wildman–Crippen LogP) is 3.40. The van der Waals surface area contributed by atoms with Gasteiger partial charge in [0.15, 0.2) is 11.5 Å². The first-order valence-electron chi connectivity index (χ1n) is 6.61. The van der Waals surface area contributed by atoms with Gasteiger partial charge in [-0.3, -0.25) is 4.79 Å². The molecule has 0 aliphatic carbocycles. The second-order valence-electron chi connectivity index (χ2n) is 4.87. The average molecular weight is 266 g/mol. The largest absolute Gasteiger partial charge is 0.504 e. The van der Waals surface area contributed by atoms with E-state index in [4.69, 9.17) is 4.74 Å². The van der Waals surface area contributed by atoms with Gasteiger partial charge in [0.25, 0.3) is 0 Å². The maximum atomic E-state index is 11.5. The van der Waals surface area contributed by atoms with Gasteiger partial charge in [-0.15, -0.1) is 0 Å². The summed E-state index contributed by atoms with van der Waals surface area (Å²) in [5, 5.41) is 19.0. The Morgan fingerprint density at radius 2 is 2.11 bits per heavy atom. The number of carboxylic acids is 1. The van der Waals surface area contributed by atoms with E-state index in [1.54, 1.807) is 12.1 Å². The third-order valence-electron chi connectivity index (χ3n) is 3.41. The number of aliphatic carboxylic acids is 1. The normalized spacial score (nSPS) is 13.8. The van der Waals surface area contributed by atoms with Crippen LogP contribution in [0.4, 0.5) is 0 Å². The van der Waals surface area contributed by atoms with Crippen LogP contribution in [-0.4, -0.2) is 23.3 Å². The van der Waals surface area contributed by atoms with Crippen LogP contribution in [0.5, 0.6) is 11.5 Å². The van der Waals surface area contributed by atoms with Gasteiger partial charge < -0.3 is 14.9 Å². The summed E-state index contributed by atoms with van der Waals surface area (Å²) in [4.78, 5) is 11.5. The zero-order valence-electron chi connectivity index (χ0n) is 11.7. The summed E-state index contributed by atoms with van der Waals surface area (Å²) in [5.41, 5.74) is 0.672. The third-order valence-corrected chi connectivity index (χ3v) is 3.41. The topological polar surface area (TPSA) is 66.8 Å². The van der Waals surface area contributed by atoms with Crippen LogP contribution in [0, 0.1) is 5.92 Å². The lowest BCUT2D eigenvalue weighted by atomic mass is 9.84. The molecule has 1 rings (SSSR count). The number of methoxy groups -OCH3 is 1. The Labute approximate surface area is 114 Å². The van der Waals surface area contributed by atoms with Crippen molar-refractivity contribution in [3.63, 3.8) is 0 Å². The molecule has 4 nitrogen and oxygen atoms in total. The monoisotopic (exact) mass is 266 g/mol. The highest BCUT2D eigenvalue weighted by Gasteiger charge is 2.27. The highest BCUT2D eigenvalue weighted by atomic mass is 16.5. The van der Waals surface area contributed by atoms with Crippen molar-refractivity contribution in [1.82, 2.24) is 0 Å². The van der Waals surface area contributed by atoms with E-state index >= 15 is 0 Å². The number of phenolic OH excluding ortho intramolecular Hbond substituents is 1. The number of ether oxygens (including phenoxy) is 1. The van der Waals surface area contributed by atoms with Crippen molar-refractivity contribution in [3.05, 3.63) is 23.8 Å². The van der Waals surface area contributed by atoms with Crippen LogP contribution in [0.3, 0.4) is 0 Å². The molecule has 2 unspecified atom stereocenters. The van der Waals surface area contributed by atoms with E-state index in [2.05, 4.69) is 6.92 Å². The van der Waals surface area contributed by atoms with Crippen molar-refractivity contribution in [2.75, 3.05) is 7.11 Å². The minimum absolute atomic E-state index is 0.0246. The third kappa shape index (κ3) is 3.88. The Morgan fingerprint density at radius 3 is 2.63 bits per heavy atom. The van der Waals surface area contributed by atoms with Crippen molar-refractivity contribution in [1.29, 1.82) is 0 Å². The molecule has 0 aliphatic rings. The maximum Gasteiger partial charge on any atom is 0.311 e. The van der Waals surface area contributed by atoms with Gasteiger partial charge in [-0.1, -0.05) is 32.8 Å². The van der Waals surface area contributed by atoms with Crippen LogP contribution in [0.25, 0.3) is 0 Å². The lowest BCUT2D eigenvalue weighted by Crippen LogP contribution is -2.19. The molecule has 0 aromatic heterocycles. The molecule has 19 heavy (non-hydrogen) atoms. The number of carboxylic acid groups (broad SMARTS) is 1. The molecule has 0 aliphatic heterocycles. The fourth-order valence-electron chi connectivity index (χ4n) is 2.29. The number of hydrogen-bond acceptors (Lipinski definition) is 3. The molecule has 2 N–H and O–H groups in total. The summed E-state index contributed by atoms with van der Waals surface area (Å²) in [6.45, 7) is 4.04. The molecule has 1 aromatic rings. The molecule has 0 radical (unpaired) electrons. The Bertz CT molecular complexity index is 428. The van der Waals surface area contributed by atoms with Crippen molar-refractivity contribution in [2.45, 2.75) is 39.0 Å². The van der Waals surface area contributed by atoms with Crippen LogP contribution in [0.1, 0.15) is 44.6 Å². The van der Waals surface area contributed by atoms with Gasteiger partial charge in [-0.25, -0.2) is 0 Å². The van der Waals surface area contributed by atoms with Gasteiger partial charge in [0.05, 0.1) is 13.0 Å².